The number of hydrogen-bond donors (Lipinski definition) is 1. The lowest BCUT2D eigenvalue weighted by Gasteiger charge is -2.07. The summed E-state index contributed by atoms with van der Waals surface area (Å²) < 4.78 is 0. The van der Waals surface area contributed by atoms with Crippen molar-refractivity contribution in [2.75, 3.05) is 7.05 Å². The second kappa shape index (κ2) is 6.23. The number of thiazole rings is 1. The van der Waals surface area contributed by atoms with Crippen molar-refractivity contribution in [3.05, 3.63) is 49.4 Å². The van der Waals surface area contributed by atoms with Crippen LogP contribution in [0.15, 0.2) is 18.2 Å². The van der Waals surface area contributed by atoms with Gasteiger partial charge in [-0.05, 0) is 38.6 Å². The Bertz CT molecular complexity index is 581. The molecule has 0 amide bonds. The standard InChI is InChI=1S/C14H16Cl2N2S/c1-8(17-3)14-9(2)18-13(19-14)7-10-4-5-11(15)12(16)6-10/h4-6,8,17H,7H2,1-3H3. The number of rotatable bonds is 4. The minimum atomic E-state index is 0.333. The number of halogens is 2. The number of aryl methyl sites for hydroxylation is 1. The number of hydrogen-bond acceptors (Lipinski definition) is 3. The van der Waals surface area contributed by atoms with Crippen LogP contribution in [-0.2, 0) is 6.42 Å². The van der Waals surface area contributed by atoms with Gasteiger partial charge in [0.15, 0.2) is 0 Å². The minimum Gasteiger partial charge on any atom is -0.312 e. The van der Waals surface area contributed by atoms with Crippen LogP contribution in [0.25, 0.3) is 0 Å². The first-order chi connectivity index (χ1) is 9.01. The Hall–Kier alpha value is -0.610. The minimum absolute atomic E-state index is 0.333. The first-order valence-electron chi connectivity index (χ1n) is 6.08. The molecule has 0 radical (unpaired) electrons. The van der Waals surface area contributed by atoms with Gasteiger partial charge in [-0.2, -0.15) is 0 Å². The van der Waals surface area contributed by atoms with Gasteiger partial charge < -0.3 is 5.32 Å². The highest BCUT2D eigenvalue weighted by molar-refractivity contribution is 7.11. The second-order valence-electron chi connectivity index (χ2n) is 4.49. The Morgan fingerprint density at radius 3 is 2.68 bits per heavy atom. The van der Waals surface area contributed by atoms with E-state index in [9.17, 15) is 0 Å². The fourth-order valence-corrected chi connectivity index (χ4v) is 3.38. The third-order valence-electron chi connectivity index (χ3n) is 3.04. The lowest BCUT2D eigenvalue weighted by Crippen LogP contribution is -2.11. The molecule has 0 aliphatic heterocycles. The van der Waals surface area contributed by atoms with Crippen molar-refractivity contribution in [2.45, 2.75) is 26.3 Å². The van der Waals surface area contributed by atoms with Gasteiger partial charge in [0.1, 0.15) is 0 Å². The van der Waals surface area contributed by atoms with Crippen molar-refractivity contribution in [1.82, 2.24) is 10.3 Å². The van der Waals surface area contributed by atoms with Crippen LogP contribution in [-0.4, -0.2) is 12.0 Å². The topological polar surface area (TPSA) is 24.9 Å². The van der Waals surface area contributed by atoms with Crippen molar-refractivity contribution in [2.24, 2.45) is 0 Å². The Labute approximate surface area is 127 Å². The normalized spacial score (nSPS) is 12.7. The molecule has 0 saturated heterocycles. The van der Waals surface area contributed by atoms with E-state index in [-0.39, 0.29) is 0 Å². The maximum Gasteiger partial charge on any atom is 0.0975 e. The summed E-state index contributed by atoms with van der Waals surface area (Å²) in [7, 11) is 1.96. The molecular formula is C14H16Cl2N2S. The molecule has 1 N–H and O–H groups in total. The van der Waals surface area contributed by atoms with Crippen LogP contribution in [0.5, 0.6) is 0 Å². The second-order valence-corrected chi connectivity index (χ2v) is 6.42. The number of benzene rings is 1. The zero-order valence-electron chi connectivity index (χ0n) is 11.1. The van der Waals surface area contributed by atoms with Crippen molar-refractivity contribution < 1.29 is 0 Å². The predicted molar refractivity (Wildman–Crippen MR) is 83.6 cm³/mol. The first-order valence-corrected chi connectivity index (χ1v) is 7.66. The zero-order valence-corrected chi connectivity index (χ0v) is 13.5. The summed E-state index contributed by atoms with van der Waals surface area (Å²) in [4.78, 5) is 5.92. The largest absolute Gasteiger partial charge is 0.312 e. The average Bonchev–Trinajstić information content (AvgIpc) is 2.74. The van der Waals surface area contributed by atoms with Crippen LogP contribution in [0, 0.1) is 6.92 Å². The van der Waals surface area contributed by atoms with Gasteiger partial charge in [0.05, 0.1) is 20.7 Å². The van der Waals surface area contributed by atoms with Gasteiger partial charge in [0, 0.05) is 17.3 Å². The highest BCUT2D eigenvalue weighted by Crippen LogP contribution is 2.28. The summed E-state index contributed by atoms with van der Waals surface area (Å²) in [6, 6.07) is 6.06. The van der Waals surface area contributed by atoms with Gasteiger partial charge in [-0.25, -0.2) is 4.98 Å². The Balaban J connectivity index is 2.21. The van der Waals surface area contributed by atoms with Crippen molar-refractivity contribution in [3.63, 3.8) is 0 Å². The molecule has 1 aromatic carbocycles. The highest BCUT2D eigenvalue weighted by Gasteiger charge is 2.13. The molecule has 2 aromatic rings. The highest BCUT2D eigenvalue weighted by atomic mass is 35.5. The molecule has 0 aliphatic rings. The van der Waals surface area contributed by atoms with E-state index in [1.807, 2.05) is 25.2 Å². The van der Waals surface area contributed by atoms with E-state index in [2.05, 4.69) is 24.1 Å². The lowest BCUT2D eigenvalue weighted by molar-refractivity contribution is 0.658. The van der Waals surface area contributed by atoms with Crippen LogP contribution >= 0.6 is 34.5 Å². The molecule has 0 fully saturated rings. The van der Waals surface area contributed by atoms with Crippen LogP contribution in [0.2, 0.25) is 10.0 Å². The molecule has 102 valence electrons. The molecule has 0 spiro atoms. The first kappa shape index (κ1) is 14.8. The number of nitrogens with zero attached hydrogens (tertiary/aromatic N) is 1. The van der Waals surface area contributed by atoms with E-state index in [0.717, 1.165) is 22.7 Å². The molecule has 0 bridgehead atoms. The maximum atomic E-state index is 6.03. The third kappa shape index (κ3) is 3.48. The zero-order chi connectivity index (χ0) is 14.0. The van der Waals surface area contributed by atoms with Crippen molar-refractivity contribution in [1.29, 1.82) is 0 Å². The fraction of sp³-hybridized carbons (Fsp3) is 0.357. The summed E-state index contributed by atoms with van der Waals surface area (Å²) in [5, 5.41) is 5.53. The lowest BCUT2D eigenvalue weighted by atomic mass is 10.1. The van der Waals surface area contributed by atoms with E-state index in [0.29, 0.717) is 16.1 Å². The molecule has 19 heavy (non-hydrogen) atoms. The summed E-state index contributed by atoms with van der Waals surface area (Å²) in [5.74, 6) is 0. The van der Waals surface area contributed by atoms with E-state index in [1.165, 1.54) is 4.88 Å². The predicted octanol–water partition coefficient (Wildman–Crippen LogP) is 4.63. The molecule has 2 nitrogen and oxygen atoms in total. The van der Waals surface area contributed by atoms with E-state index >= 15 is 0 Å². The van der Waals surface area contributed by atoms with Gasteiger partial charge in [0.25, 0.3) is 0 Å². The third-order valence-corrected chi connectivity index (χ3v) is 5.12. The molecular weight excluding hydrogens is 299 g/mol. The average molecular weight is 315 g/mol. The molecule has 1 atom stereocenters. The number of nitrogens with one attached hydrogen (secondary N) is 1. The quantitative estimate of drug-likeness (QED) is 0.890. The van der Waals surface area contributed by atoms with E-state index < -0.39 is 0 Å². The molecule has 1 unspecified atom stereocenters. The molecule has 5 heteroatoms. The van der Waals surface area contributed by atoms with Crippen LogP contribution < -0.4 is 5.32 Å². The smallest absolute Gasteiger partial charge is 0.0975 e. The summed E-state index contributed by atoms with van der Waals surface area (Å²) in [6.45, 7) is 4.20. The van der Waals surface area contributed by atoms with Gasteiger partial charge >= 0.3 is 0 Å². The van der Waals surface area contributed by atoms with Gasteiger partial charge in [-0.3, -0.25) is 0 Å². The molecule has 1 heterocycles. The monoisotopic (exact) mass is 314 g/mol. The van der Waals surface area contributed by atoms with Crippen LogP contribution in [0.4, 0.5) is 0 Å². The Kier molecular flexibility index (Phi) is 4.85. The van der Waals surface area contributed by atoms with E-state index in [4.69, 9.17) is 23.2 Å². The maximum absolute atomic E-state index is 6.03. The number of aromatic nitrogens is 1. The van der Waals surface area contributed by atoms with Crippen LogP contribution in [0.1, 0.15) is 34.1 Å². The van der Waals surface area contributed by atoms with Gasteiger partial charge in [0.2, 0.25) is 0 Å². The molecule has 1 aromatic heterocycles. The van der Waals surface area contributed by atoms with E-state index in [1.54, 1.807) is 11.3 Å². The van der Waals surface area contributed by atoms with Gasteiger partial charge in [-0.1, -0.05) is 29.3 Å². The Morgan fingerprint density at radius 2 is 2.05 bits per heavy atom. The SMILES string of the molecule is CNC(C)c1sc(Cc2ccc(Cl)c(Cl)c2)nc1C. The van der Waals surface area contributed by atoms with Crippen molar-refractivity contribution >= 4 is 34.5 Å². The summed E-state index contributed by atoms with van der Waals surface area (Å²) in [6.07, 6.45) is 0.791. The van der Waals surface area contributed by atoms with Crippen LogP contribution in [0.3, 0.4) is 0 Å². The molecule has 0 aliphatic carbocycles. The summed E-state index contributed by atoms with van der Waals surface area (Å²) >= 11 is 13.7. The Morgan fingerprint density at radius 1 is 1.32 bits per heavy atom. The fourth-order valence-electron chi connectivity index (χ4n) is 1.90. The summed E-state index contributed by atoms with van der Waals surface area (Å²) in [5.41, 5.74) is 2.23. The molecule has 0 saturated carbocycles. The van der Waals surface area contributed by atoms with Gasteiger partial charge in [-0.15, -0.1) is 11.3 Å². The van der Waals surface area contributed by atoms with Crippen molar-refractivity contribution in [3.8, 4) is 0 Å². The molecule has 2 rings (SSSR count).